The first-order chi connectivity index (χ1) is 11.1. The summed E-state index contributed by atoms with van der Waals surface area (Å²) in [6, 6.07) is 9.56. The van der Waals surface area contributed by atoms with E-state index in [1.807, 2.05) is 30.3 Å². The number of benzene rings is 1. The van der Waals surface area contributed by atoms with Crippen molar-refractivity contribution in [3.05, 3.63) is 36.5 Å². The fourth-order valence-corrected chi connectivity index (χ4v) is 6.44. The lowest BCUT2D eigenvalue weighted by Crippen LogP contribution is -2.35. The van der Waals surface area contributed by atoms with Gasteiger partial charge in [-0.05, 0) is 49.1 Å². The van der Waals surface area contributed by atoms with Crippen LogP contribution in [0.5, 0.6) is 0 Å². The molecule has 5 nitrogen and oxygen atoms in total. The van der Waals surface area contributed by atoms with E-state index < -0.39 is 10.0 Å². The molecular formula is C17H18N2O3S. The Morgan fingerprint density at radius 1 is 1.13 bits per heavy atom. The Bertz CT molecular complexity index is 844. The molecule has 2 aliphatic carbocycles. The average Bonchev–Trinajstić information content (AvgIpc) is 3.28. The molecule has 120 valence electrons. The summed E-state index contributed by atoms with van der Waals surface area (Å²) in [5.41, 5.74) is 0.788. The summed E-state index contributed by atoms with van der Waals surface area (Å²) in [6.07, 6.45) is 4.76. The first kappa shape index (κ1) is 13.7. The number of fused-ring (bicyclic) bond motifs is 1. The van der Waals surface area contributed by atoms with E-state index in [0.717, 1.165) is 17.9 Å². The van der Waals surface area contributed by atoms with E-state index >= 15 is 0 Å². The highest BCUT2D eigenvalue weighted by Gasteiger charge is 2.57. The van der Waals surface area contributed by atoms with Gasteiger partial charge in [0.15, 0.2) is 0 Å². The Morgan fingerprint density at radius 2 is 1.96 bits per heavy atom. The molecule has 2 heterocycles. The van der Waals surface area contributed by atoms with Crippen LogP contribution in [0, 0.1) is 17.8 Å². The van der Waals surface area contributed by atoms with Crippen molar-refractivity contribution < 1.29 is 12.8 Å². The molecule has 6 heteroatoms. The Kier molecular flexibility index (Phi) is 2.79. The summed E-state index contributed by atoms with van der Waals surface area (Å²) in [6.45, 7) is 0.648. The number of nitrogens with zero attached hydrogens (tertiary/aromatic N) is 2. The van der Waals surface area contributed by atoms with Crippen molar-refractivity contribution in [1.82, 2.24) is 9.29 Å². The zero-order valence-corrected chi connectivity index (χ0v) is 13.4. The standard InChI is InChI=1S/C17H18N2O3S/c20-23(21,19-10-13-6-11-7-14(13)15(19)8-11)16-9-18-17(22-16)12-4-2-1-3-5-12/h1-5,9,11,13-15H,6-8,10H2. The molecule has 0 amide bonds. The van der Waals surface area contributed by atoms with Crippen LogP contribution in [0.25, 0.3) is 11.5 Å². The van der Waals surface area contributed by atoms with E-state index in [1.165, 1.54) is 19.0 Å². The fourth-order valence-electron chi connectivity index (χ4n) is 4.85. The van der Waals surface area contributed by atoms with E-state index in [2.05, 4.69) is 4.98 Å². The third-order valence-electron chi connectivity index (χ3n) is 5.77. The number of sulfonamides is 1. The van der Waals surface area contributed by atoms with Gasteiger partial charge < -0.3 is 4.42 Å². The van der Waals surface area contributed by atoms with E-state index in [1.54, 1.807) is 4.31 Å². The maximum Gasteiger partial charge on any atom is 0.278 e. The number of hydrogen-bond donors (Lipinski definition) is 0. The van der Waals surface area contributed by atoms with Crippen molar-refractivity contribution in [2.75, 3.05) is 6.54 Å². The highest BCUT2D eigenvalue weighted by atomic mass is 32.2. The molecule has 2 bridgehead atoms. The predicted octanol–water partition coefficient (Wildman–Crippen LogP) is 2.76. The molecule has 4 atom stereocenters. The average molecular weight is 330 g/mol. The van der Waals surface area contributed by atoms with Gasteiger partial charge in [-0.25, -0.2) is 13.4 Å². The Balaban J connectivity index is 1.49. The van der Waals surface area contributed by atoms with Gasteiger partial charge in [-0.15, -0.1) is 0 Å². The number of rotatable bonds is 3. The van der Waals surface area contributed by atoms with Crippen LogP contribution >= 0.6 is 0 Å². The fraction of sp³-hybridized carbons (Fsp3) is 0.471. The lowest BCUT2D eigenvalue weighted by Gasteiger charge is -2.22. The lowest BCUT2D eigenvalue weighted by atomic mass is 9.90. The molecular weight excluding hydrogens is 312 g/mol. The number of hydrogen-bond acceptors (Lipinski definition) is 4. The topological polar surface area (TPSA) is 63.4 Å². The zero-order valence-electron chi connectivity index (χ0n) is 12.6. The second-order valence-electron chi connectivity index (χ2n) is 6.99. The van der Waals surface area contributed by atoms with Crippen LogP contribution in [-0.4, -0.2) is 30.3 Å². The second kappa shape index (κ2) is 4.68. The molecule has 2 saturated carbocycles. The molecule has 5 rings (SSSR count). The van der Waals surface area contributed by atoms with Crippen LogP contribution in [0.15, 0.2) is 46.0 Å². The summed E-state index contributed by atoms with van der Waals surface area (Å²) >= 11 is 0. The third-order valence-corrected chi connectivity index (χ3v) is 7.50. The quantitative estimate of drug-likeness (QED) is 0.868. The molecule has 1 aromatic heterocycles. The Labute approximate surface area is 135 Å². The monoisotopic (exact) mass is 330 g/mol. The van der Waals surface area contributed by atoms with Crippen LogP contribution in [-0.2, 0) is 10.0 Å². The molecule has 0 radical (unpaired) electrons. The SMILES string of the molecule is O=S(=O)(c1cnc(-c2ccccc2)o1)N1CC2CC3CC2C1C3. The lowest BCUT2D eigenvalue weighted by molar-refractivity contribution is 0.329. The number of aromatic nitrogens is 1. The van der Waals surface area contributed by atoms with E-state index in [0.29, 0.717) is 24.3 Å². The van der Waals surface area contributed by atoms with Crippen molar-refractivity contribution in [3.63, 3.8) is 0 Å². The first-order valence-electron chi connectivity index (χ1n) is 8.16. The summed E-state index contributed by atoms with van der Waals surface area (Å²) in [5, 5.41) is -0.0268. The van der Waals surface area contributed by atoms with Gasteiger partial charge in [0, 0.05) is 18.2 Å². The molecule has 0 N–H and O–H groups in total. The van der Waals surface area contributed by atoms with Gasteiger partial charge in [0.25, 0.3) is 15.1 Å². The second-order valence-corrected chi connectivity index (χ2v) is 8.81. The van der Waals surface area contributed by atoms with Gasteiger partial charge in [-0.3, -0.25) is 0 Å². The smallest absolute Gasteiger partial charge is 0.278 e. The maximum atomic E-state index is 13.0. The highest BCUT2D eigenvalue weighted by Crippen LogP contribution is 2.55. The zero-order chi connectivity index (χ0) is 15.6. The van der Waals surface area contributed by atoms with Gasteiger partial charge in [0.1, 0.15) is 0 Å². The van der Waals surface area contributed by atoms with E-state index in [9.17, 15) is 8.42 Å². The van der Waals surface area contributed by atoms with Gasteiger partial charge in [-0.2, -0.15) is 4.31 Å². The van der Waals surface area contributed by atoms with Crippen molar-refractivity contribution in [1.29, 1.82) is 0 Å². The summed E-state index contributed by atoms with van der Waals surface area (Å²) in [5.74, 6) is 2.19. The van der Waals surface area contributed by atoms with Crippen molar-refractivity contribution >= 4 is 10.0 Å². The third kappa shape index (κ3) is 1.94. The van der Waals surface area contributed by atoms with Crippen molar-refractivity contribution in [2.24, 2.45) is 17.8 Å². The summed E-state index contributed by atoms with van der Waals surface area (Å²) < 4.78 is 33.2. The van der Waals surface area contributed by atoms with Gasteiger partial charge in [0.05, 0.1) is 6.20 Å². The summed E-state index contributed by atoms with van der Waals surface area (Å²) in [4.78, 5) is 4.17. The van der Waals surface area contributed by atoms with Crippen LogP contribution in [0.1, 0.15) is 19.3 Å². The maximum absolute atomic E-state index is 13.0. The van der Waals surface area contributed by atoms with Gasteiger partial charge >= 0.3 is 0 Å². The largest absolute Gasteiger partial charge is 0.423 e. The van der Waals surface area contributed by atoms with Crippen LogP contribution in [0.2, 0.25) is 0 Å². The van der Waals surface area contributed by atoms with Crippen molar-refractivity contribution in [3.8, 4) is 11.5 Å². The van der Waals surface area contributed by atoms with Crippen LogP contribution in [0.4, 0.5) is 0 Å². The molecule has 4 unspecified atom stereocenters. The van der Waals surface area contributed by atoms with E-state index in [-0.39, 0.29) is 11.1 Å². The van der Waals surface area contributed by atoms with Gasteiger partial charge in [0.2, 0.25) is 5.89 Å². The molecule has 1 saturated heterocycles. The minimum Gasteiger partial charge on any atom is -0.423 e. The van der Waals surface area contributed by atoms with Gasteiger partial charge in [-0.1, -0.05) is 18.2 Å². The minimum absolute atomic E-state index is 0.0268. The summed E-state index contributed by atoms with van der Waals surface area (Å²) in [7, 11) is -3.58. The normalized spacial score (nSPS) is 32.7. The molecule has 1 aliphatic heterocycles. The highest BCUT2D eigenvalue weighted by molar-refractivity contribution is 7.89. The van der Waals surface area contributed by atoms with Crippen LogP contribution in [0.3, 0.4) is 0 Å². The van der Waals surface area contributed by atoms with E-state index in [4.69, 9.17) is 4.42 Å². The molecule has 0 spiro atoms. The molecule has 3 aliphatic rings. The van der Waals surface area contributed by atoms with Crippen LogP contribution < -0.4 is 0 Å². The van der Waals surface area contributed by atoms with Crippen molar-refractivity contribution in [2.45, 2.75) is 30.4 Å². The molecule has 23 heavy (non-hydrogen) atoms. The molecule has 1 aromatic carbocycles. The predicted molar refractivity (Wildman–Crippen MR) is 83.9 cm³/mol. The molecule has 2 aromatic rings. The molecule has 3 fully saturated rings. The Morgan fingerprint density at radius 3 is 2.70 bits per heavy atom. The Hall–Kier alpha value is -1.66. The number of oxazole rings is 1. The minimum atomic E-state index is -3.58. The first-order valence-corrected chi connectivity index (χ1v) is 9.60.